The van der Waals surface area contributed by atoms with Gasteiger partial charge in [-0.05, 0) is 60.1 Å². The average Bonchev–Trinajstić information content (AvgIpc) is 2.76. The number of carbonyl (C=O) groups excluding carboxylic acids is 2. The lowest BCUT2D eigenvalue weighted by Crippen LogP contribution is -2.50. The lowest BCUT2D eigenvalue weighted by atomic mass is 9.73. The molecule has 0 bridgehead atoms. The van der Waals surface area contributed by atoms with Crippen molar-refractivity contribution in [2.75, 3.05) is 19.6 Å². The number of hydrogen-bond donors (Lipinski definition) is 1. The van der Waals surface area contributed by atoms with Gasteiger partial charge in [0.2, 0.25) is 5.91 Å². The molecule has 1 spiro atoms. The minimum absolute atomic E-state index is 0.0604. The predicted octanol–water partition coefficient (Wildman–Crippen LogP) is 3.36. The van der Waals surface area contributed by atoms with Crippen molar-refractivity contribution in [3.63, 3.8) is 0 Å². The third-order valence-corrected chi connectivity index (χ3v) is 6.11. The van der Waals surface area contributed by atoms with E-state index in [1.54, 1.807) is 12.1 Å². The second-order valence-corrected chi connectivity index (χ2v) is 7.84. The molecule has 0 unspecified atom stereocenters. The van der Waals surface area contributed by atoms with Gasteiger partial charge < -0.3 is 10.2 Å². The molecule has 0 aliphatic carbocycles. The van der Waals surface area contributed by atoms with E-state index in [0.717, 1.165) is 50.0 Å². The lowest BCUT2D eigenvalue weighted by molar-refractivity contribution is -0.125. The summed E-state index contributed by atoms with van der Waals surface area (Å²) in [4.78, 5) is 26.4. The molecule has 2 saturated heterocycles. The number of likely N-dealkylation sites (tertiary alicyclic amines) is 1. The van der Waals surface area contributed by atoms with Crippen molar-refractivity contribution in [2.24, 2.45) is 5.41 Å². The summed E-state index contributed by atoms with van der Waals surface area (Å²) in [6.07, 6.45) is 3.40. The van der Waals surface area contributed by atoms with E-state index in [9.17, 15) is 9.59 Å². The zero-order valence-electron chi connectivity index (χ0n) is 15.8. The lowest BCUT2D eigenvalue weighted by Gasteiger charge is -2.44. The van der Waals surface area contributed by atoms with E-state index in [1.165, 1.54) is 0 Å². The van der Waals surface area contributed by atoms with Gasteiger partial charge in [0.25, 0.3) is 5.91 Å². The maximum absolute atomic E-state index is 13.0. The number of nitrogens with zero attached hydrogens (tertiary/aromatic N) is 2. The maximum atomic E-state index is 13.0. The molecule has 2 aliphatic rings. The maximum Gasteiger partial charge on any atom is 0.253 e. The van der Waals surface area contributed by atoms with Gasteiger partial charge in [0.15, 0.2) is 0 Å². The molecule has 28 heavy (non-hydrogen) atoms. The second-order valence-electron chi connectivity index (χ2n) is 7.84. The Hall–Kier alpha value is -3.13. The van der Waals surface area contributed by atoms with Crippen molar-refractivity contribution in [2.45, 2.75) is 25.7 Å². The summed E-state index contributed by atoms with van der Waals surface area (Å²) in [5, 5.41) is 11.9. The van der Waals surface area contributed by atoms with Crippen molar-refractivity contribution in [1.82, 2.24) is 10.2 Å². The Labute approximate surface area is 165 Å². The molecular formula is C23H23N3O2. The van der Waals surface area contributed by atoms with Gasteiger partial charge in [-0.2, -0.15) is 5.26 Å². The summed E-state index contributed by atoms with van der Waals surface area (Å²) >= 11 is 0. The number of piperidine rings is 2. The molecule has 2 heterocycles. The number of rotatable bonds is 2. The summed E-state index contributed by atoms with van der Waals surface area (Å²) in [6, 6.07) is 17.2. The molecule has 1 N–H and O–H groups in total. The molecule has 2 aromatic carbocycles. The molecule has 0 radical (unpaired) electrons. The number of hydrogen-bond acceptors (Lipinski definition) is 3. The Balaban J connectivity index is 1.45. The Kier molecular flexibility index (Phi) is 4.87. The number of benzene rings is 2. The van der Waals surface area contributed by atoms with Crippen molar-refractivity contribution < 1.29 is 9.59 Å². The van der Waals surface area contributed by atoms with Gasteiger partial charge in [0.05, 0.1) is 11.6 Å². The molecule has 0 saturated carbocycles. The fourth-order valence-electron chi connectivity index (χ4n) is 4.20. The summed E-state index contributed by atoms with van der Waals surface area (Å²) < 4.78 is 0. The van der Waals surface area contributed by atoms with Crippen molar-refractivity contribution in [3.8, 4) is 17.2 Å². The van der Waals surface area contributed by atoms with Gasteiger partial charge in [-0.15, -0.1) is 0 Å². The third-order valence-electron chi connectivity index (χ3n) is 6.11. The van der Waals surface area contributed by atoms with Crippen molar-refractivity contribution in [1.29, 1.82) is 5.26 Å². The molecule has 0 atom stereocenters. The topological polar surface area (TPSA) is 73.2 Å². The smallest absolute Gasteiger partial charge is 0.253 e. The van der Waals surface area contributed by atoms with E-state index >= 15 is 0 Å². The fourth-order valence-corrected chi connectivity index (χ4v) is 4.20. The van der Waals surface area contributed by atoms with E-state index < -0.39 is 0 Å². The molecule has 0 aromatic heterocycles. The van der Waals surface area contributed by atoms with Crippen molar-refractivity contribution >= 4 is 11.8 Å². The highest BCUT2D eigenvalue weighted by Gasteiger charge is 2.38. The Morgan fingerprint density at radius 3 is 2.43 bits per heavy atom. The van der Waals surface area contributed by atoms with E-state index in [4.69, 9.17) is 5.26 Å². The molecule has 5 nitrogen and oxygen atoms in total. The van der Waals surface area contributed by atoms with Crippen LogP contribution in [0.5, 0.6) is 0 Å². The summed E-state index contributed by atoms with van der Waals surface area (Å²) in [5.41, 5.74) is 3.43. The van der Waals surface area contributed by atoms with E-state index in [1.807, 2.05) is 41.3 Å². The molecule has 2 fully saturated rings. The zero-order valence-corrected chi connectivity index (χ0v) is 15.8. The highest BCUT2D eigenvalue weighted by atomic mass is 16.2. The van der Waals surface area contributed by atoms with Crippen LogP contribution in [0.3, 0.4) is 0 Å². The highest BCUT2D eigenvalue weighted by Crippen LogP contribution is 2.38. The number of carbonyl (C=O) groups is 2. The van der Waals surface area contributed by atoms with Crippen LogP contribution in [-0.2, 0) is 4.79 Å². The van der Waals surface area contributed by atoms with Crippen LogP contribution in [-0.4, -0.2) is 36.3 Å². The average molecular weight is 373 g/mol. The van der Waals surface area contributed by atoms with Gasteiger partial charge >= 0.3 is 0 Å². The van der Waals surface area contributed by atoms with Gasteiger partial charge in [-0.25, -0.2) is 0 Å². The number of nitriles is 1. The molecule has 2 aromatic rings. The molecule has 2 amide bonds. The first-order chi connectivity index (χ1) is 13.6. The second kappa shape index (κ2) is 7.47. The van der Waals surface area contributed by atoms with Gasteiger partial charge in [-0.3, -0.25) is 9.59 Å². The monoisotopic (exact) mass is 373 g/mol. The summed E-state index contributed by atoms with van der Waals surface area (Å²) in [6.45, 7) is 2.20. The van der Waals surface area contributed by atoms with Crippen LogP contribution in [0.2, 0.25) is 0 Å². The zero-order chi connectivity index (χ0) is 19.6. The normalized spacial score (nSPS) is 18.4. The van der Waals surface area contributed by atoms with Crippen LogP contribution >= 0.6 is 0 Å². The molecular weight excluding hydrogens is 350 g/mol. The first-order valence-corrected chi connectivity index (χ1v) is 9.75. The Morgan fingerprint density at radius 1 is 1.04 bits per heavy atom. The quantitative estimate of drug-likeness (QED) is 0.877. The predicted molar refractivity (Wildman–Crippen MR) is 106 cm³/mol. The van der Waals surface area contributed by atoms with Crippen LogP contribution in [0.15, 0.2) is 48.5 Å². The third kappa shape index (κ3) is 3.63. The first kappa shape index (κ1) is 18.2. The fraction of sp³-hybridized carbons (Fsp3) is 0.348. The van der Waals surface area contributed by atoms with Crippen LogP contribution in [0.4, 0.5) is 0 Å². The molecule has 4 rings (SSSR count). The summed E-state index contributed by atoms with van der Waals surface area (Å²) in [7, 11) is 0. The van der Waals surface area contributed by atoms with Crippen LogP contribution in [0.1, 0.15) is 41.6 Å². The highest BCUT2D eigenvalue weighted by molar-refractivity contribution is 5.95. The van der Waals surface area contributed by atoms with E-state index in [0.29, 0.717) is 17.5 Å². The van der Waals surface area contributed by atoms with E-state index in [-0.39, 0.29) is 17.2 Å². The van der Waals surface area contributed by atoms with Crippen LogP contribution < -0.4 is 5.32 Å². The van der Waals surface area contributed by atoms with Gasteiger partial charge in [0, 0.05) is 31.6 Å². The van der Waals surface area contributed by atoms with Crippen molar-refractivity contribution in [3.05, 3.63) is 59.7 Å². The standard InChI is InChI=1S/C23H23N3O2/c24-15-17-4-6-18(7-5-17)19-2-1-3-20(14-19)22(28)26-12-10-23(11-13-26)9-8-21(27)25-16-23/h1-7,14H,8-13,16H2,(H,25,27). The molecule has 142 valence electrons. The number of nitrogens with one attached hydrogen (secondary N) is 1. The van der Waals surface area contributed by atoms with Crippen LogP contribution in [0, 0.1) is 16.7 Å². The van der Waals surface area contributed by atoms with Gasteiger partial charge in [-0.1, -0.05) is 24.3 Å². The SMILES string of the molecule is N#Cc1ccc(-c2cccc(C(=O)N3CCC4(CCC(=O)NC4)CC3)c2)cc1. The largest absolute Gasteiger partial charge is 0.356 e. The summed E-state index contributed by atoms with van der Waals surface area (Å²) in [5.74, 6) is 0.203. The van der Waals surface area contributed by atoms with Crippen LogP contribution in [0.25, 0.3) is 11.1 Å². The number of amides is 2. The Bertz CT molecular complexity index is 923. The minimum Gasteiger partial charge on any atom is -0.356 e. The minimum atomic E-state index is 0.0604. The van der Waals surface area contributed by atoms with E-state index in [2.05, 4.69) is 11.4 Å². The van der Waals surface area contributed by atoms with Gasteiger partial charge in [0.1, 0.15) is 0 Å². The molecule has 5 heteroatoms. The Morgan fingerprint density at radius 2 is 1.79 bits per heavy atom. The first-order valence-electron chi connectivity index (χ1n) is 9.75. The molecule has 2 aliphatic heterocycles.